The van der Waals surface area contributed by atoms with Gasteiger partial charge >= 0.3 is 11.9 Å². The van der Waals surface area contributed by atoms with E-state index in [1.807, 2.05) is 0 Å². The quantitative estimate of drug-likeness (QED) is 0.591. The topological polar surface area (TPSA) is 52.6 Å². The summed E-state index contributed by atoms with van der Waals surface area (Å²) in [7, 11) is 0. The predicted molar refractivity (Wildman–Crippen MR) is 42.8 cm³/mol. The molecule has 0 unspecified atom stereocenters. The van der Waals surface area contributed by atoms with Crippen LogP contribution in [-0.2, 0) is 19.1 Å². The molecule has 0 radical (unpaired) electrons. The molecule has 0 aromatic carbocycles. The van der Waals surface area contributed by atoms with Crippen molar-refractivity contribution in [2.45, 2.75) is 32.3 Å². The van der Waals surface area contributed by atoms with E-state index in [4.69, 9.17) is 9.47 Å². The molecule has 0 aromatic rings. The van der Waals surface area contributed by atoms with E-state index < -0.39 is 11.0 Å². The molecule has 1 saturated heterocycles. The van der Waals surface area contributed by atoms with Gasteiger partial charge in [-0.2, -0.15) is 0 Å². The van der Waals surface area contributed by atoms with Crippen molar-refractivity contribution in [3.8, 4) is 0 Å². The van der Waals surface area contributed by atoms with Gasteiger partial charge in [0.05, 0.1) is 13.0 Å². The van der Waals surface area contributed by atoms with E-state index in [9.17, 15) is 9.59 Å². The monoisotopic (exact) mass is 184 g/mol. The van der Waals surface area contributed by atoms with Gasteiger partial charge in [0.2, 0.25) is 0 Å². The molecule has 0 bridgehead atoms. The summed E-state index contributed by atoms with van der Waals surface area (Å²) in [5.74, 6) is -0.462. The largest absolute Gasteiger partial charge is 0.465 e. The molecular formula is C9H12O4. The fourth-order valence-electron chi connectivity index (χ4n) is 1.92. The zero-order valence-electron chi connectivity index (χ0n) is 7.75. The molecule has 2 fully saturated rings. The molecule has 1 aliphatic carbocycles. The van der Waals surface area contributed by atoms with Crippen LogP contribution in [0.15, 0.2) is 0 Å². The second-order valence-corrected chi connectivity index (χ2v) is 3.87. The Bertz CT molecular complexity index is 275. The summed E-state index contributed by atoms with van der Waals surface area (Å²) >= 11 is 0. The van der Waals surface area contributed by atoms with Gasteiger partial charge in [0.15, 0.2) is 0 Å². The van der Waals surface area contributed by atoms with Gasteiger partial charge in [-0.1, -0.05) is 0 Å². The maximum absolute atomic E-state index is 11.4. The summed E-state index contributed by atoms with van der Waals surface area (Å²) in [6, 6.07) is 0. The van der Waals surface area contributed by atoms with E-state index in [0.717, 1.165) is 0 Å². The van der Waals surface area contributed by atoms with E-state index in [1.54, 1.807) is 13.8 Å². The highest BCUT2D eigenvalue weighted by Gasteiger charge is 2.78. The average molecular weight is 184 g/mol. The zero-order chi connectivity index (χ0) is 9.69. The van der Waals surface area contributed by atoms with Crippen LogP contribution >= 0.6 is 0 Å². The summed E-state index contributed by atoms with van der Waals surface area (Å²) in [6.07, 6.45) is 0.979. The molecule has 2 atom stereocenters. The molecule has 4 heteroatoms. The third-order valence-corrected chi connectivity index (χ3v) is 2.98. The van der Waals surface area contributed by atoms with Gasteiger partial charge in [0.25, 0.3) is 0 Å². The summed E-state index contributed by atoms with van der Waals surface area (Å²) in [5, 5.41) is 0. The first-order chi connectivity index (χ1) is 6.04. The minimum atomic E-state index is -0.572. The number of carbonyl (C=O) groups excluding carboxylic acids is 2. The molecule has 0 N–H and O–H groups in total. The lowest BCUT2D eigenvalue weighted by molar-refractivity contribution is -0.182. The third-order valence-electron chi connectivity index (χ3n) is 2.98. The van der Waals surface area contributed by atoms with E-state index in [2.05, 4.69) is 0 Å². The van der Waals surface area contributed by atoms with Gasteiger partial charge < -0.3 is 9.47 Å². The fraction of sp³-hybridized carbons (Fsp3) is 0.778. The first-order valence-electron chi connectivity index (χ1n) is 4.43. The number of carbonyl (C=O) groups is 2. The van der Waals surface area contributed by atoms with Crippen molar-refractivity contribution < 1.29 is 19.1 Å². The van der Waals surface area contributed by atoms with Crippen LogP contribution in [0.3, 0.4) is 0 Å². The summed E-state index contributed by atoms with van der Waals surface area (Å²) < 4.78 is 9.89. The molecule has 72 valence electrons. The minimum absolute atomic E-state index is 0.215. The lowest BCUT2D eigenvalue weighted by atomic mass is 9.98. The fourth-order valence-corrected chi connectivity index (χ4v) is 1.92. The number of hydrogen-bond donors (Lipinski definition) is 0. The Balaban J connectivity index is 2.02. The third kappa shape index (κ3) is 0.913. The molecule has 1 heterocycles. The van der Waals surface area contributed by atoms with Gasteiger partial charge in [-0.3, -0.25) is 9.59 Å². The first-order valence-corrected chi connectivity index (χ1v) is 4.43. The highest BCUT2D eigenvalue weighted by molar-refractivity contribution is 5.89. The van der Waals surface area contributed by atoms with Crippen molar-refractivity contribution in [1.82, 2.24) is 0 Å². The number of rotatable bonds is 2. The Labute approximate surface area is 76.2 Å². The molecule has 1 spiro atoms. The maximum atomic E-state index is 11.4. The van der Waals surface area contributed by atoms with Crippen LogP contribution in [0.4, 0.5) is 0 Å². The number of ether oxygens (including phenoxy) is 2. The molecule has 1 aliphatic heterocycles. The van der Waals surface area contributed by atoms with Crippen LogP contribution in [0.25, 0.3) is 0 Å². The van der Waals surface area contributed by atoms with Crippen molar-refractivity contribution >= 4 is 11.9 Å². The van der Waals surface area contributed by atoms with E-state index in [-0.39, 0.29) is 11.9 Å². The molecule has 0 aromatic heterocycles. The molecule has 2 aliphatic rings. The molecular weight excluding hydrogens is 172 g/mol. The summed E-state index contributed by atoms with van der Waals surface area (Å²) in [4.78, 5) is 22.1. The average Bonchev–Trinajstić information content (AvgIpc) is 2.59. The van der Waals surface area contributed by atoms with Crippen LogP contribution < -0.4 is 0 Å². The number of hydrogen-bond acceptors (Lipinski definition) is 4. The SMILES string of the molecule is CCOC(=O)[C@]1(C)C[C@@]12CC(=O)O2. The smallest absolute Gasteiger partial charge is 0.316 e. The highest BCUT2D eigenvalue weighted by atomic mass is 16.6. The normalized spacial score (nSPS) is 40.9. The summed E-state index contributed by atoms with van der Waals surface area (Å²) in [5.41, 5.74) is -1.08. The Morgan fingerprint density at radius 1 is 1.69 bits per heavy atom. The number of esters is 2. The maximum Gasteiger partial charge on any atom is 0.316 e. The van der Waals surface area contributed by atoms with Crippen molar-refractivity contribution in [3.63, 3.8) is 0 Å². The standard InChI is InChI=1S/C9H12O4/c1-3-12-7(11)8(2)5-9(8)4-6(10)13-9/h3-5H2,1-2H3/t8-,9-/m0/s1. The van der Waals surface area contributed by atoms with Crippen LogP contribution in [-0.4, -0.2) is 24.1 Å². The van der Waals surface area contributed by atoms with Crippen molar-refractivity contribution in [2.75, 3.05) is 6.61 Å². The molecule has 0 amide bonds. The van der Waals surface area contributed by atoms with Crippen molar-refractivity contribution in [1.29, 1.82) is 0 Å². The van der Waals surface area contributed by atoms with Crippen LogP contribution in [0.1, 0.15) is 26.7 Å². The highest BCUT2D eigenvalue weighted by Crippen LogP contribution is 2.65. The van der Waals surface area contributed by atoms with Crippen molar-refractivity contribution in [3.05, 3.63) is 0 Å². The second-order valence-electron chi connectivity index (χ2n) is 3.87. The Hall–Kier alpha value is -1.06. The van der Waals surface area contributed by atoms with Crippen LogP contribution in [0.2, 0.25) is 0 Å². The van der Waals surface area contributed by atoms with Crippen molar-refractivity contribution in [2.24, 2.45) is 5.41 Å². The molecule has 1 saturated carbocycles. The van der Waals surface area contributed by atoms with E-state index >= 15 is 0 Å². The molecule has 13 heavy (non-hydrogen) atoms. The van der Waals surface area contributed by atoms with Gasteiger partial charge in [-0.25, -0.2) is 0 Å². The van der Waals surface area contributed by atoms with Crippen LogP contribution in [0, 0.1) is 5.41 Å². The first kappa shape index (κ1) is 8.53. The van der Waals surface area contributed by atoms with E-state index in [0.29, 0.717) is 19.4 Å². The van der Waals surface area contributed by atoms with Gasteiger partial charge in [-0.05, 0) is 13.8 Å². The van der Waals surface area contributed by atoms with E-state index in [1.165, 1.54) is 0 Å². The van der Waals surface area contributed by atoms with Gasteiger partial charge in [-0.15, -0.1) is 0 Å². The Morgan fingerprint density at radius 2 is 2.31 bits per heavy atom. The van der Waals surface area contributed by atoms with Crippen LogP contribution in [0.5, 0.6) is 0 Å². The lowest BCUT2D eigenvalue weighted by Gasteiger charge is -2.29. The Kier molecular flexibility index (Phi) is 1.47. The zero-order valence-corrected chi connectivity index (χ0v) is 7.75. The second kappa shape index (κ2) is 2.25. The molecule has 2 rings (SSSR count). The molecule has 4 nitrogen and oxygen atoms in total. The van der Waals surface area contributed by atoms with Gasteiger partial charge in [0.1, 0.15) is 11.0 Å². The van der Waals surface area contributed by atoms with Gasteiger partial charge in [0, 0.05) is 6.42 Å². The lowest BCUT2D eigenvalue weighted by Crippen LogP contribution is -2.42. The predicted octanol–water partition coefficient (Wildman–Crippen LogP) is 0.645. The summed E-state index contributed by atoms with van der Waals surface area (Å²) in [6.45, 7) is 3.93. The Morgan fingerprint density at radius 3 is 2.77 bits per heavy atom. The minimum Gasteiger partial charge on any atom is -0.465 e.